The highest BCUT2D eigenvalue weighted by molar-refractivity contribution is 7.80. The Labute approximate surface area is 199 Å². The summed E-state index contributed by atoms with van der Waals surface area (Å²) in [4.78, 5) is 16.2. The van der Waals surface area contributed by atoms with Gasteiger partial charge in [0.15, 0.2) is 0 Å². The minimum absolute atomic E-state index is 0.250. The first kappa shape index (κ1) is 29.8. The number of hydrogen-bond acceptors (Lipinski definition) is 4. The number of carbonyl (C=O) groups is 1. The number of aromatic nitrogens is 1. The van der Waals surface area contributed by atoms with Crippen molar-refractivity contribution in [2.45, 2.75) is 72.1 Å². The van der Waals surface area contributed by atoms with Crippen LogP contribution in [0.25, 0.3) is 22.2 Å². The van der Waals surface area contributed by atoms with Gasteiger partial charge in [-0.15, -0.1) is 12.6 Å². The minimum atomic E-state index is -0.322. The second kappa shape index (κ2) is 17.3. The molecule has 0 aliphatic carbocycles. The number of rotatable bonds is 5. The van der Waals surface area contributed by atoms with Crippen LogP contribution in [0, 0.1) is 0 Å². The van der Waals surface area contributed by atoms with Crippen molar-refractivity contribution < 1.29 is 14.6 Å². The molecule has 0 radical (unpaired) electrons. The van der Waals surface area contributed by atoms with Gasteiger partial charge in [-0.05, 0) is 43.5 Å². The van der Waals surface area contributed by atoms with E-state index in [2.05, 4.69) is 44.5 Å². The number of methoxy groups -OCH3 is 1. The molecule has 178 valence electrons. The van der Waals surface area contributed by atoms with Gasteiger partial charge in [-0.25, -0.2) is 4.79 Å². The van der Waals surface area contributed by atoms with Crippen LogP contribution in [0.2, 0.25) is 0 Å². The molecule has 4 nitrogen and oxygen atoms in total. The number of fused-ring (bicyclic) bond motifs is 1. The molecule has 5 heteroatoms. The van der Waals surface area contributed by atoms with Crippen LogP contribution in [0.5, 0.6) is 0 Å². The van der Waals surface area contributed by atoms with Gasteiger partial charge in [0, 0.05) is 28.0 Å². The molecule has 0 bridgehead atoms. The lowest BCUT2D eigenvalue weighted by molar-refractivity contribution is 0.0601. The van der Waals surface area contributed by atoms with Gasteiger partial charge in [-0.2, -0.15) is 0 Å². The Kier molecular flexibility index (Phi) is 16.1. The van der Waals surface area contributed by atoms with Crippen molar-refractivity contribution in [3.05, 3.63) is 53.6 Å². The van der Waals surface area contributed by atoms with Crippen LogP contribution in [-0.4, -0.2) is 29.8 Å². The Hall–Kier alpha value is -2.24. The Balaban J connectivity index is 0.00000106. The molecule has 1 heterocycles. The molecule has 1 aromatic heterocycles. The Morgan fingerprint density at radius 1 is 1.06 bits per heavy atom. The Bertz CT molecular complexity index is 916. The fourth-order valence-electron chi connectivity index (χ4n) is 3.03. The van der Waals surface area contributed by atoms with Crippen LogP contribution in [0.4, 0.5) is 0 Å². The predicted octanol–water partition coefficient (Wildman–Crippen LogP) is 7.69. The molecule has 0 amide bonds. The zero-order valence-electron chi connectivity index (χ0n) is 20.8. The maximum Gasteiger partial charge on any atom is 0.337 e. The van der Waals surface area contributed by atoms with Crippen LogP contribution in [0.1, 0.15) is 76.7 Å². The second-order valence-corrected chi connectivity index (χ2v) is 7.36. The highest BCUT2D eigenvalue weighted by Crippen LogP contribution is 2.35. The maximum absolute atomic E-state index is 11.8. The summed E-state index contributed by atoms with van der Waals surface area (Å²) in [6.45, 7) is 12.4. The van der Waals surface area contributed by atoms with E-state index in [1.54, 1.807) is 6.92 Å². The topological polar surface area (TPSA) is 62.3 Å². The SMILES string of the molecule is CC.CCC.CCCCc1c(-c2ccccc2S)[nH]c2cc(C(=O)OC)ccc12.CCO. The first-order valence-corrected chi connectivity index (χ1v) is 12.1. The lowest BCUT2D eigenvalue weighted by atomic mass is 10.00. The van der Waals surface area contributed by atoms with Crippen molar-refractivity contribution in [3.63, 3.8) is 0 Å². The van der Waals surface area contributed by atoms with E-state index in [1.165, 1.54) is 19.1 Å². The van der Waals surface area contributed by atoms with Gasteiger partial charge in [-0.1, -0.05) is 71.7 Å². The van der Waals surface area contributed by atoms with Gasteiger partial charge >= 0.3 is 5.97 Å². The number of unbranched alkanes of at least 4 members (excludes halogenated alkanes) is 1. The van der Waals surface area contributed by atoms with Gasteiger partial charge in [0.05, 0.1) is 18.4 Å². The van der Waals surface area contributed by atoms with Crippen LogP contribution < -0.4 is 0 Å². The van der Waals surface area contributed by atoms with Crippen molar-refractivity contribution in [3.8, 4) is 11.3 Å². The highest BCUT2D eigenvalue weighted by atomic mass is 32.1. The summed E-state index contributed by atoms with van der Waals surface area (Å²) >= 11 is 4.60. The van der Waals surface area contributed by atoms with E-state index in [0.717, 1.165) is 46.3 Å². The molecule has 0 saturated carbocycles. The first-order valence-electron chi connectivity index (χ1n) is 11.6. The smallest absolute Gasteiger partial charge is 0.337 e. The molecular formula is C27H41NO3S. The van der Waals surface area contributed by atoms with Crippen LogP contribution in [0.15, 0.2) is 47.4 Å². The van der Waals surface area contributed by atoms with E-state index >= 15 is 0 Å². The molecule has 0 fully saturated rings. The van der Waals surface area contributed by atoms with Crippen molar-refractivity contribution in [2.24, 2.45) is 0 Å². The summed E-state index contributed by atoms with van der Waals surface area (Å²) in [6, 6.07) is 13.8. The predicted molar refractivity (Wildman–Crippen MR) is 141 cm³/mol. The standard InChI is InChI=1S/C20H21NO2S.C3H8.C2H6O.C2H6/c1-3-4-7-15-14-11-10-13(20(22)23-2)12-17(14)21-19(15)16-8-5-6-9-18(16)24;1-3-2;1-2-3;1-2/h5-6,8-12,21,24H,3-4,7H2,1-2H3;3H2,1-2H3;3H,2H2,1H3;1-2H3. The minimum Gasteiger partial charge on any atom is -0.465 e. The molecule has 0 atom stereocenters. The number of aliphatic hydroxyl groups is 1. The average Bonchev–Trinajstić information content (AvgIpc) is 3.17. The molecule has 2 aromatic carbocycles. The number of nitrogens with one attached hydrogen (secondary N) is 1. The molecule has 3 aromatic rings. The summed E-state index contributed by atoms with van der Waals surface area (Å²) in [5, 5.41) is 8.72. The number of aliphatic hydroxyl groups excluding tert-OH is 1. The summed E-state index contributed by atoms with van der Waals surface area (Å²) < 4.78 is 4.83. The van der Waals surface area contributed by atoms with E-state index in [0.29, 0.717) is 5.56 Å². The monoisotopic (exact) mass is 459 g/mol. The van der Waals surface area contributed by atoms with Gasteiger partial charge in [-0.3, -0.25) is 0 Å². The van der Waals surface area contributed by atoms with E-state index < -0.39 is 0 Å². The molecule has 0 aliphatic rings. The fraction of sp³-hybridized carbons (Fsp3) is 0.444. The number of thiol groups is 1. The Morgan fingerprint density at radius 2 is 1.66 bits per heavy atom. The van der Waals surface area contributed by atoms with E-state index in [9.17, 15) is 4.79 Å². The van der Waals surface area contributed by atoms with Gasteiger partial charge in [0.1, 0.15) is 0 Å². The van der Waals surface area contributed by atoms with Crippen molar-refractivity contribution in [2.75, 3.05) is 13.7 Å². The second-order valence-electron chi connectivity index (χ2n) is 6.87. The van der Waals surface area contributed by atoms with Gasteiger partial charge in [0.25, 0.3) is 0 Å². The number of carbonyl (C=O) groups excluding carboxylic acids is 1. The van der Waals surface area contributed by atoms with E-state index in [4.69, 9.17) is 9.84 Å². The fourth-order valence-corrected chi connectivity index (χ4v) is 3.30. The molecule has 3 rings (SSSR count). The van der Waals surface area contributed by atoms with Crippen LogP contribution in [0.3, 0.4) is 0 Å². The summed E-state index contributed by atoms with van der Waals surface area (Å²) in [5.41, 5.74) is 4.97. The third-order valence-corrected chi connectivity index (χ3v) is 4.67. The van der Waals surface area contributed by atoms with Gasteiger partial charge < -0.3 is 14.8 Å². The average molecular weight is 460 g/mol. The zero-order valence-corrected chi connectivity index (χ0v) is 21.7. The number of ether oxygens (including phenoxy) is 1. The van der Waals surface area contributed by atoms with Crippen LogP contribution in [-0.2, 0) is 11.2 Å². The Morgan fingerprint density at radius 3 is 2.19 bits per heavy atom. The lowest BCUT2D eigenvalue weighted by Crippen LogP contribution is -2.00. The number of aryl methyl sites for hydroxylation is 1. The first-order chi connectivity index (χ1) is 15.5. The quantitative estimate of drug-likeness (QED) is 0.271. The molecule has 0 spiro atoms. The highest BCUT2D eigenvalue weighted by Gasteiger charge is 2.16. The normalized spacial score (nSPS) is 9.53. The molecule has 32 heavy (non-hydrogen) atoms. The molecule has 2 N–H and O–H groups in total. The van der Waals surface area contributed by atoms with Crippen molar-refractivity contribution in [1.29, 1.82) is 0 Å². The summed E-state index contributed by atoms with van der Waals surface area (Å²) in [7, 11) is 1.40. The van der Waals surface area contributed by atoms with Crippen LogP contribution >= 0.6 is 12.6 Å². The largest absolute Gasteiger partial charge is 0.465 e. The van der Waals surface area contributed by atoms with Crippen molar-refractivity contribution in [1.82, 2.24) is 4.98 Å². The maximum atomic E-state index is 11.8. The third-order valence-electron chi connectivity index (χ3n) is 4.28. The number of esters is 1. The molecule has 0 unspecified atom stereocenters. The lowest BCUT2D eigenvalue weighted by Gasteiger charge is -2.07. The van der Waals surface area contributed by atoms with E-state index in [-0.39, 0.29) is 12.6 Å². The number of aromatic amines is 1. The van der Waals surface area contributed by atoms with Gasteiger partial charge in [0.2, 0.25) is 0 Å². The number of hydrogen-bond donors (Lipinski definition) is 3. The molecule has 0 aliphatic heterocycles. The number of benzene rings is 2. The zero-order chi connectivity index (χ0) is 24.5. The molecular weight excluding hydrogens is 418 g/mol. The molecule has 0 saturated heterocycles. The summed E-state index contributed by atoms with van der Waals surface area (Å²) in [5.74, 6) is -0.322. The van der Waals surface area contributed by atoms with E-state index in [1.807, 2.05) is 50.2 Å². The number of H-pyrrole nitrogens is 1. The summed E-state index contributed by atoms with van der Waals surface area (Å²) in [6.07, 6.45) is 4.49. The van der Waals surface area contributed by atoms with Crippen molar-refractivity contribution >= 4 is 29.5 Å². The third kappa shape index (κ3) is 8.71.